The van der Waals surface area contributed by atoms with E-state index in [4.69, 9.17) is 14.2 Å². The lowest BCUT2D eigenvalue weighted by atomic mass is 10.2. The summed E-state index contributed by atoms with van der Waals surface area (Å²) in [5, 5.41) is 0. The van der Waals surface area contributed by atoms with Gasteiger partial charge in [0.05, 0.1) is 24.5 Å². The zero-order valence-corrected chi connectivity index (χ0v) is 12.7. The van der Waals surface area contributed by atoms with Crippen LogP contribution >= 0.6 is 0 Å². The highest BCUT2D eigenvalue weighted by molar-refractivity contribution is 5.87. The van der Waals surface area contributed by atoms with Crippen molar-refractivity contribution in [3.63, 3.8) is 0 Å². The summed E-state index contributed by atoms with van der Waals surface area (Å²) in [4.78, 5) is 11.7. The Bertz CT molecular complexity index is 422. The van der Waals surface area contributed by atoms with Gasteiger partial charge in [-0.1, -0.05) is 6.58 Å². The van der Waals surface area contributed by atoms with Crippen LogP contribution in [0.1, 0.15) is 51.9 Å². The summed E-state index contributed by atoms with van der Waals surface area (Å²) in [6, 6.07) is 0. The van der Waals surface area contributed by atoms with Crippen LogP contribution in [-0.2, 0) is 19.0 Å². The molecule has 0 aliphatic heterocycles. The Balaban J connectivity index is 1.93. The minimum Gasteiger partial charge on any atom is -0.463 e. The zero-order valence-electron chi connectivity index (χ0n) is 12.7. The van der Waals surface area contributed by atoms with Crippen LogP contribution in [0.3, 0.4) is 0 Å². The first-order valence-electron chi connectivity index (χ1n) is 7.75. The maximum atomic E-state index is 11.7. The number of rotatable bonds is 8. The molecular formula is C17H24O4. The number of allylic oxidation sites excluding steroid dienone is 4. The Morgan fingerprint density at radius 1 is 1.19 bits per heavy atom. The fraction of sp³-hybridized carbons (Fsp3) is 0.588. The first-order valence-corrected chi connectivity index (χ1v) is 7.75. The topological polar surface area (TPSA) is 44.8 Å². The molecule has 2 aliphatic rings. The van der Waals surface area contributed by atoms with Crippen molar-refractivity contribution < 1.29 is 19.0 Å². The smallest absolute Gasteiger partial charge is 0.333 e. The van der Waals surface area contributed by atoms with Crippen molar-refractivity contribution in [2.45, 2.75) is 58.2 Å². The lowest BCUT2D eigenvalue weighted by Gasteiger charge is -2.22. The third-order valence-corrected chi connectivity index (χ3v) is 3.54. The average Bonchev–Trinajstić information content (AvgIpc) is 3.12. The summed E-state index contributed by atoms with van der Waals surface area (Å²) in [7, 11) is 0. The van der Waals surface area contributed by atoms with Crippen molar-refractivity contribution in [3.8, 4) is 0 Å². The largest absolute Gasteiger partial charge is 0.463 e. The number of hydrogen-bond donors (Lipinski definition) is 0. The molecule has 4 heteroatoms. The van der Waals surface area contributed by atoms with Gasteiger partial charge in [0.1, 0.15) is 0 Å². The van der Waals surface area contributed by atoms with Crippen molar-refractivity contribution in [2.24, 2.45) is 0 Å². The lowest BCUT2D eigenvalue weighted by molar-refractivity contribution is -0.140. The summed E-state index contributed by atoms with van der Waals surface area (Å²) < 4.78 is 16.8. The van der Waals surface area contributed by atoms with E-state index in [1.54, 1.807) is 6.92 Å². The predicted molar refractivity (Wildman–Crippen MR) is 80.2 cm³/mol. The number of carbonyl (C=O) groups is 1. The molecule has 0 spiro atoms. The van der Waals surface area contributed by atoms with E-state index in [0.29, 0.717) is 18.6 Å². The number of carbonyl (C=O) groups excluding carboxylic acids is 1. The molecule has 0 saturated heterocycles. The second kappa shape index (κ2) is 7.91. The van der Waals surface area contributed by atoms with Crippen LogP contribution in [0.15, 0.2) is 35.8 Å². The summed E-state index contributed by atoms with van der Waals surface area (Å²) in [6.07, 6.45) is 10.2. The van der Waals surface area contributed by atoms with E-state index >= 15 is 0 Å². The first-order chi connectivity index (χ1) is 10.2. The molecule has 0 bridgehead atoms. The molecular weight excluding hydrogens is 268 g/mol. The molecule has 0 N–H and O–H groups in total. The van der Waals surface area contributed by atoms with E-state index in [2.05, 4.69) is 18.7 Å². The van der Waals surface area contributed by atoms with Crippen molar-refractivity contribution in [1.29, 1.82) is 0 Å². The van der Waals surface area contributed by atoms with Gasteiger partial charge < -0.3 is 14.2 Å². The molecule has 0 saturated carbocycles. The van der Waals surface area contributed by atoms with E-state index < -0.39 is 6.29 Å². The van der Waals surface area contributed by atoms with Gasteiger partial charge in [0.2, 0.25) is 6.29 Å². The van der Waals surface area contributed by atoms with Gasteiger partial charge in [0.25, 0.3) is 0 Å². The molecule has 0 fully saturated rings. The molecule has 0 aromatic carbocycles. The van der Waals surface area contributed by atoms with E-state index in [0.717, 1.165) is 50.0 Å². The Kier molecular flexibility index (Phi) is 5.90. The normalized spacial score (nSPS) is 17.4. The second-order valence-electron chi connectivity index (χ2n) is 5.32. The van der Waals surface area contributed by atoms with Gasteiger partial charge in [-0.3, -0.25) is 0 Å². The van der Waals surface area contributed by atoms with Crippen molar-refractivity contribution in [3.05, 3.63) is 35.8 Å². The summed E-state index contributed by atoms with van der Waals surface area (Å²) >= 11 is 0. The quantitative estimate of drug-likeness (QED) is 0.385. The van der Waals surface area contributed by atoms with Crippen LogP contribution in [0.25, 0.3) is 0 Å². The van der Waals surface area contributed by atoms with Crippen molar-refractivity contribution in [2.75, 3.05) is 6.61 Å². The van der Waals surface area contributed by atoms with Gasteiger partial charge in [-0.2, -0.15) is 0 Å². The molecule has 0 aromatic heterocycles. The van der Waals surface area contributed by atoms with Crippen LogP contribution in [0.5, 0.6) is 0 Å². The number of hydrogen-bond acceptors (Lipinski definition) is 4. The molecule has 0 amide bonds. The van der Waals surface area contributed by atoms with E-state index in [1.807, 2.05) is 0 Å². The Morgan fingerprint density at radius 3 is 2.19 bits per heavy atom. The van der Waals surface area contributed by atoms with E-state index in [9.17, 15) is 4.79 Å². The maximum absolute atomic E-state index is 11.7. The second-order valence-corrected chi connectivity index (χ2v) is 5.32. The van der Waals surface area contributed by atoms with Gasteiger partial charge in [-0.05, 0) is 44.8 Å². The van der Waals surface area contributed by atoms with Crippen LogP contribution in [0.4, 0.5) is 0 Å². The van der Waals surface area contributed by atoms with Gasteiger partial charge in [0.15, 0.2) is 0 Å². The number of esters is 1. The molecule has 21 heavy (non-hydrogen) atoms. The highest BCUT2D eigenvalue weighted by Gasteiger charge is 2.22. The maximum Gasteiger partial charge on any atom is 0.333 e. The lowest BCUT2D eigenvalue weighted by Crippen LogP contribution is -2.20. The van der Waals surface area contributed by atoms with Crippen molar-refractivity contribution >= 4 is 5.97 Å². The Morgan fingerprint density at radius 2 is 1.76 bits per heavy atom. The van der Waals surface area contributed by atoms with Crippen LogP contribution in [0.2, 0.25) is 0 Å². The first kappa shape index (κ1) is 15.7. The summed E-state index contributed by atoms with van der Waals surface area (Å²) in [5.74, 6) is 1.53. The highest BCUT2D eigenvalue weighted by atomic mass is 16.7. The van der Waals surface area contributed by atoms with Gasteiger partial charge >= 0.3 is 5.97 Å². The highest BCUT2D eigenvalue weighted by Crippen LogP contribution is 2.27. The Hall–Kier alpha value is -1.71. The van der Waals surface area contributed by atoms with Crippen LogP contribution in [0, 0.1) is 0 Å². The standard InChI is InChI=1S/C17H24O4/c1-3-19-17(18)13(2)12-16(20-14-8-4-5-9-14)21-15-10-6-7-11-15/h8,10,16H,2-7,9,11-12H2,1H3. The van der Waals surface area contributed by atoms with Crippen molar-refractivity contribution in [1.82, 2.24) is 0 Å². The third-order valence-electron chi connectivity index (χ3n) is 3.54. The fourth-order valence-electron chi connectivity index (χ4n) is 2.46. The minimum absolute atomic E-state index is 0.327. The predicted octanol–water partition coefficient (Wildman–Crippen LogP) is 3.99. The SMILES string of the molecule is C=C(CC(OC1=CCCC1)OC1=CCCC1)C(=O)OCC. The molecule has 116 valence electrons. The zero-order chi connectivity index (χ0) is 15.1. The monoisotopic (exact) mass is 292 g/mol. The molecule has 0 atom stereocenters. The molecule has 0 unspecified atom stereocenters. The van der Waals surface area contributed by atoms with Gasteiger partial charge in [0, 0.05) is 18.4 Å². The molecule has 0 aromatic rings. The summed E-state index contributed by atoms with van der Waals surface area (Å²) in [6.45, 7) is 5.92. The molecule has 2 rings (SSSR count). The Labute approximate surface area is 126 Å². The fourth-order valence-corrected chi connectivity index (χ4v) is 2.46. The number of ether oxygens (including phenoxy) is 3. The molecule has 4 nitrogen and oxygen atoms in total. The van der Waals surface area contributed by atoms with Crippen LogP contribution in [-0.4, -0.2) is 18.9 Å². The molecule has 0 radical (unpaired) electrons. The minimum atomic E-state index is -0.490. The summed E-state index contributed by atoms with van der Waals surface area (Å²) in [5.41, 5.74) is 0.388. The van der Waals surface area contributed by atoms with Crippen LogP contribution < -0.4 is 0 Å². The van der Waals surface area contributed by atoms with Gasteiger partial charge in [-0.25, -0.2) is 4.79 Å². The third kappa shape index (κ3) is 4.96. The molecule has 2 aliphatic carbocycles. The molecule has 0 heterocycles. The van der Waals surface area contributed by atoms with E-state index in [1.165, 1.54) is 0 Å². The van der Waals surface area contributed by atoms with Gasteiger partial charge in [-0.15, -0.1) is 0 Å². The average molecular weight is 292 g/mol. The van der Waals surface area contributed by atoms with E-state index in [-0.39, 0.29) is 5.97 Å².